The first-order valence-electron chi connectivity index (χ1n) is 9.18. The van der Waals surface area contributed by atoms with E-state index >= 15 is 0 Å². The number of oxazole rings is 1. The van der Waals surface area contributed by atoms with Crippen molar-refractivity contribution in [3.8, 4) is 11.5 Å². The van der Waals surface area contributed by atoms with Crippen molar-refractivity contribution in [2.24, 2.45) is 5.92 Å². The summed E-state index contributed by atoms with van der Waals surface area (Å²) in [5.74, 6) is 0.908. The van der Waals surface area contributed by atoms with E-state index in [0.717, 1.165) is 50.2 Å². The Balaban J connectivity index is 1.58. The predicted molar refractivity (Wildman–Crippen MR) is 97.8 cm³/mol. The van der Waals surface area contributed by atoms with E-state index in [1.807, 2.05) is 30.3 Å². The zero-order valence-electron chi connectivity index (χ0n) is 15.1. The minimum atomic E-state index is 0.0724. The maximum Gasteiger partial charge on any atom is 0.226 e. The van der Waals surface area contributed by atoms with Gasteiger partial charge in [0.2, 0.25) is 11.8 Å². The molecule has 1 N–H and O–H groups in total. The van der Waals surface area contributed by atoms with Crippen LogP contribution >= 0.6 is 0 Å². The molecule has 1 amide bonds. The second-order valence-electron chi connectivity index (χ2n) is 6.90. The molecular weight excluding hydrogens is 314 g/mol. The number of nitrogens with one attached hydrogen (secondary N) is 1. The van der Waals surface area contributed by atoms with Crippen LogP contribution in [-0.2, 0) is 11.3 Å². The number of benzene rings is 1. The Morgan fingerprint density at radius 1 is 1.40 bits per heavy atom. The third-order valence-electron chi connectivity index (χ3n) is 4.84. The van der Waals surface area contributed by atoms with Gasteiger partial charge in [-0.15, -0.1) is 0 Å². The van der Waals surface area contributed by atoms with Gasteiger partial charge in [-0.3, -0.25) is 9.69 Å². The lowest BCUT2D eigenvalue weighted by Crippen LogP contribution is -2.44. The van der Waals surface area contributed by atoms with Crippen molar-refractivity contribution in [1.82, 2.24) is 15.2 Å². The molecule has 1 aliphatic rings. The van der Waals surface area contributed by atoms with E-state index in [0.29, 0.717) is 5.89 Å². The van der Waals surface area contributed by atoms with E-state index in [2.05, 4.69) is 29.0 Å². The standard InChI is InChI=1S/C20H27N3O2/c1-3-15(2)21-19(24)17-10-7-11-23(12-17)13-18-14-25-20(22-18)16-8-5-4-6-9-16/h4-6,8-9,14-15,17H,3,7,10-13H2,1-2H3,(H,21,24). The topological polar surface area (TPSA) is 58.4 Å². The van der Waals surface area contributed by atoms with Crippen molar-refractivity contribution in [1.29, 1.82) is 0 Å². The fourth-order valence-electron chi connectivity index (χ4n) is 3.20. The number of aromatic nitrogens is 1. The van der Waals surface area contributed by atoms with Crippen LogP contribution in [0.4, 0.5) is 0 Å². The number of carbonyl (C=O) groups is 1. The molecule has 2 aromatic rings. The van der Waals surface area contributed by atoms with Crippen LogP contribution in [0.3, 0.4) is 0 Å². The number of amides is 1. The van der Waals surface area contributed by atoms with Crippen LogP contribution in [0, 0.1) is 5.92 Å². The quantitative estimate of drug-likeness (QED) is 0.874. The number of rotatable bonds is 6. The summed E-state index contributed by atoms with van der Waals surface area (Å²) in [6.07, 6.45) is 4.70. The Morgan fingerprint density at radius 2 is 2.20 bits per heavy atom. The van der Waals surface area contributed by atoms with Gasteiger partial charge in [0, 0.05) is 24.7 Å². The fraction of sp³-hybridized carbons (Fsp3) is 0.500. The maximum absolute atomic E-state index is 12.4. The smallest absolute Gasteiger partial charge is 0.226 e. The number of hydrogen-bond donors (Lipinski definition) is 1. The first-order valence-corrected chi connectivity index (χ1v) is 9.18. The Kier molecular flexibility index (Phi) is 5.87. The molecule has 5 heteroatoms. The lowest BCUT2D eigenvalue weighted by Gasteiger charge is -2.32. The van der Waals surface area contributed by atoms with Crippen LogP contribution in [0.1, 0.15) is 38.8 Å². The minimum absolute atomic E-state index is 0.0724. The van der Waals surface area contributed by atoms with E-state index in [1.54, 1.807) is 6.26 Å². The SMILES string of the molecule is CCC(C)NC(=O)C1CCCN(Cc2coc(-c3ccccc3)n2)C1. The molecule has 1 fully saturated rings. The highest BCUT2D eigenvalue weighted by Gasteiger charge is 2.26. The molecular formula is C20H27N3O2. The van der Waals surface area contributed by atoms with Crippen molar-refractivity contribution in [3.63, 3.8) is 0 Å². The van der Waals surface area contributed by atoms with Gasteiger partial charge in [0.15, 0.2) is 0 Å². The third-order valence-corrected chi connectivity index (χ3v) is 4.84. The summed E-state index contributed by atoms with van der Waals surface area (Å²) in [7, 11) is 0. The summed E-state index contributed by atoms with van der Waals surface area (Å²) >= 11 is 0. The van der Waals surface area contributed by atoms with Gasteiger partial charge in [0.05, 0.1) is 11.6 Å². The second-order valence-corrected chi connectivity index (χ2v) is 6.90. The average Bonchev–Trinajstić information content (AvgIpc) is 3.11. The minimum Gasteiger partial charge on any atom is -0.444 e. The van der Waals surface area contributed by atoms with Crippen LogP contribution in [0.15, 0.2) is 41.0 Å². The molecule has 134 valence electrons. The van der Waals surface area contributed by atoms with Crippen molar-refractivity contribution < 1.29 is 9.21 Å². The van der Waals surface area contributed by atoms with Gasteiger partial charge in [-0.2, -0.15) is 0 Å². The van der Waals surface area contributed by atoms with E-state index < -0.39 is 0 Å². The largest absolute Gasteiger partial charge is 0.444 e. The molecule has 1 aromatic heterocycles. The summed E-state index contributed by atoms with van der Waals surface area (Å²) in [5.41, 5.74) is 1.90. The zero-order valence-corrected chi connectivity index (χ0v) is 15.1. The first-order chi connectivity index (χ1) is 12.2. The van der Waals surface area contributed by atoms with E-state index in [4.69, 9.17) is 4.42 Å². The van der Waals surface area contributed by atoms with Gasteiger partial charge in [-0.1, -0.05) is 25.1 Å². The Morgan fingerprint density at radius 3 is 2.96 bits per heavy atom. The summed E-state index contributed by atoms with van der Waals surface area (Å²) in [4.78, 5) is 19.3. The highest BCUT2D eigenvalue weighted by molar-refractivity contribution is 5.79. The van der Waals surface area contributed by atoms with Gasteiger partial charge < -0.3 is 9.73 Å². The summed E-state index contributed by atoms with van der Waals surface area (Å²) in [6.45, 7) is 6.66. The molecule has 2 heterocycles. The van der Waals surface area contributed by atoms with Crippen LogP contribution in [0.2, 0.25) is 0 Å². The molecule has 0 saturated carbocycles. The van der Waals surface area contributed by atoms with E-state index in [-0.39, 0.29) is 17.9 Å². The molecule has 0 bridgehead atoms. The van der Waals surface area contributed by atoms with Crippen LogP contribution < -0.4 is 5.32 Å². The van der Waals surface area contributed by atoms with Gasteiger partial charge in [0.25, 0.3) is 0 Å². The molecule has 0 radical (unpaired) electrons. The lowest BCUT2D eigenvalue weighted by molar-refractivity contribution is -0.127. The maximum atomic E-state index is 12.4. The van der Waals surface area contributed by atoms with Gasteiger partial charge >= 0.3 is 0 Å². The Hall–Kier alpha value is -2.14. The van der Waals surface area contributed by atoms with Crippen molar-refractivity contribution in [3.05, 3.63) is 42.3 Å². The highest BCUT2D eigenvalue weighted by atomic mass is 16.3. The molecule has 5 nitrogen and oxygen atoms in total. The molecule has 1 saturated heterocycles. The molecule has 1 aliphatic heterocycles. The van der Waals surface area contributed by atoms with Crippen LogP contribution in [0.5, 0.6) is 0 Å². The Bertz CT molecular complexity index is 683. The predicted octanol–water partition coefficient (Wildman–Crippen LogP) is 3.47. The molecule has 2 atom stereocenters. The van der Waals surface area contributed by atoms with Gasteiger partial charge in [0.1, 0.15) is 6.26 Å². The van der Waals surface area contributed by atoms with E-state index in [9.17, 15) is 4.79 Å². The molecule has 0 spiro atoms. The number of carbonyl (C=O) groups excluding carboxylic acids is 1. The van der Waals surface area contributed by atoms with Crippen LogP contribution in [-0.4, -0.2) is 34.9 Å². The molecule has 25 heavy (non-hydrogen) atoms. The first kappa shape index (κ1) is 17.7. The number of piperidine rings is 1. The van der Waals surface area contributed by atoms with Crippen LogP contribution in [0.25, 0.3) is 11.5 Å². The van der Waals surface area contributed by atoms with Crippen molar-refractivity contribution in [2.75, 3.05) is 13.1 Å². The number of hydrogen-bond acceptors (Lipinski definition) is 4. The fourth-order valence-corrected chi connectivity index (χ4v) is 3.20. The van der Waals surface area contributed by atoms with Crippen molar-refractivity contribution >= 4 is 5.91 Å². The molecule has 1 aromatic carbocycles. The normalized spacial score (nSPS) is 19.5. The summed E-state index contributed by atoms with van der Waals surface area (Å²) in [5, 5.41) is 3.11. The number of nitrogens with zero attached hydrogens (tertiary/aromatic N) is 2. The third kappa shape index (κ3) is 4.69. The summed E-state index contributed by atoms with van der Waals surface area (Å²) < 4.78 is 5.62. The second kappa shape index (κ2) is 8.30. The average molecular weight is 341 g/mol. The molecule has 2 unspecified atom stereocenters. The molecule has 3 rings (SSSR count). The summed E-state index contributed by atoms with van der Waals surface area (Å²) in [6, 6.07) is 10.2. The van der Waals surface area contributed by atoms with Gasteiger partial charge in [-0.05, 0) is 44.9 Å². The number of likely N-dealkylation sites (tertiary alicyclic amines) is 1. The lowest BCUT2D eigenvalue weighted by atomic mass is 9.96. The Labute approximate surface area is 149 Å². The van der Waals surface area contributed by atoms with Gasteiger partial charge in [-0.25, -0.2) is 4.98 Å². The zero-order chi connectivity index (χ0) is 17.6. The highest BCUT2D eigenvalue weighted by Crippen LogP contribution is 2.22. The van der Waals surface area contributed by atoms with E-state index in [1.165, 1.54) is 0 Å². The van der Waals surface area contributed by atoms with Crippen molar-refractivity contribution in [2.45, 2.75) is 45.7 Å². The molecule has 0 aliphatic carbocycles. The monoisotopic (exact) mass is 341 g/mol.